The first-order valence-corrected chi connectivity index (χ1v) is 19.7. The van der Waals surface area contributed by atoms with Crippen molar-refractivity contribution >= 4 is 54.1 Å². The maximum atomic E-state index is 9.45. The highest BCUT2D eigenvalue weighted by Crippen LogP contribution is 2.38. The van der Waals surface area contributed by atoms with Crippen molar-refractivity contribution in [2.45, 2.75) is 0 Å². The van der Waals surface area contributed by atoms with Crippen LogP contribution in [0.1, 0.15) is 16.4 Å². The molecule has 0 aliphatic heterocycles. The largest absolute Gasteiger partial charge is 0.309 e. The number of fused-ring (bicyclic) bond motifs is 9. The number of aromatic nitrogens is 4. The highest BCUT2D eigenvalue weighted by Gasteiger charge is 2.17. The molecule has 0 fully saturated rings. The van der Waals surface area contributed by atoms with Gasteiger partial charge in [-0.2, -0.15) is 0 Å². The van der Waals surface area contributed by atoms with Gasteiger partial charge >= 0.3 is 0 Å². The highest BCUT2D eigenvalue weighted by atomic mass is 15.0. The molecule has 0 atom stereocenters. The van der Waals surface area contributed by atoms with Gasteiger partial charge in [0, 0.05) is 33.2 Å². The Morgan fingerprint density at radius 1 is 0.311 bits per heavy atom. The Hall–Kier alpha value is -8.21. The van der Waals surface area contributed by atoms with Crippen LogP contribution in [0.3, 0.4) is 0 Å². The van der Waals surface area contributed by atoms with Crippen LogP contribution in [0.5, 0.6) is 0 Å². The minimum absolute atomic E-state index is 0.0464. The standard InChI is InChI=1S/C57H36N4/c1-3-13-37(14-4-1)42-30-34-54-52(35-42)50-21-11-12-22-53(50)61(54)44-31-27-39(28-32-44)38-23-25-41(26-24-38)56-58-55(40-15-5-2-6-16-40)59-57(60-56)43-29-33-49-47-19-8-7-17-45(47)46-18-9-10-20-48(46)51(49)36-43/h1-36H/i1D,3D,4D,11D,12D,13D,14D,21D,22D,30D,34D,35D. The summed E-state index contributed by atoms with van der Waals surface area (Å²) in [5.41, 5.74) is 3.44. The molecule has 2 heterocycles. The molecule has 10 aromatic carbocycles. The topological polar surface area (TPSA) is 43.6 Å². The summed E-state index contributed by atoms with van der Waals surface area (Å²) in [6.45, 7) is 0. The first-order chi connectivity index (χ1) is 35.2. The molecule has 12 aromatic rings. The third-order valence-corrected chi connectivity index (χ3v) is 11.2. The van der Waals surface area contributed by atoms with Gasteiger partial charge in [-0.15, -0.1) is 0 Å². The fourth-order valence-electron chi connectivity index (χ4n) is 8.28. The Balaban J connectivity index is 0.961. The number of rotatable bonds is 6. The lowest BCUT2D eigenvalue weighted by atomic mass is 9.93. The van der Waals surface area contributed by atoms with E-state index in [0.29, 0.717) is 23.2 Å². The van der Waals surface area contributed by atoms with Gasteiger partial charge in [-0.1, -0.05) is 182 Å². The summed E-state index contributed by atoms with van der Waals surface area (Å²) in [5, 5.41) is 6.66. The van der Waals surface area contributed by atoms with Crippen molar-refractivity contribution in [3.63, 3.8) is 0 Å². The number of para-hydroxylation sites is 1. The molecule has 0 bridgehead atoms. The summed E-state index contributed by atoms with van der Waals surface area (Å²) in [4.78, 5) is 15.0. The van der Waals surface area contributed by atoms with Crippen LogP contribution in [0.25, 0.3) is 116 Å². The Morgan fingerprint density at radius 2 is 0.803 bits per heavy atom. The fraction of sp³-hybridized carbons (Fsp3) is 0. The van der Waals surface area contributed by atoms with Crippen LogP contribution in [0.4, 0.5) is 0 Å². The zero-order chi connectivity index (χ0) is 50.7. The summed E-state index contributed by atoms with van der Waals surface area (Å²) in [7, 11) is 0. The molecule has 0 unspecified atom stereocenters. The van der Waals surface area contributed by atoms with Crippen molar-refractivity contribution in [2.75, 3.05) is 0 Å². The van der Waals surface area contributed by atoms with Crippen molar-refractivity contribution in [1.82, 2.24) is 19.5 Å². The quantitative estimate of drug-likeness (QED) is 0.158. The smallest absolute Gasteiger partial charge is 0.164 e. The molecule has 12 rings (SSSR count). The van der Waals surface area contributed by atoms with Crippen LogP contribution < -0.4 is 0 Å². The Bertz CT molecular complexity index is 4270. The molecule has 4 nitrogen and oxygen atoms in total. The second-order valence-electron chi connectivity index (χ2n) is 14.7. The van der Waals surface area contributed by atoms with Crippen LogP contribution in [-0.4, -0.2) is 19.5 Å². The van der Waals surface area contributed by atoms with Gasteiger partial charge in [0.1, 0.15) is 0 Å². The Kier molecular flexibility index (Phi) is 5.76. The molecule has 0 aliphatic carbocycles. The van der Waals surface area contributed by atoms with E-state index in [2.05, 4.69) is 66.7 Å². The van der Waals surface area contributed by atoms with Crippen LogP contribution in [0, 0.1) is 0 Å². The average Bonchev–Trinajstić information content (AvgIpc) is 3.80. The van der Waals surface area contributed by atoms with E-state index in [1.165, 1.54) is 20.7 Å². The molecule has 284 valence electrons. The first kappa shape index (κ1) is 24.7. The van der Waals surface area contributed by atoms with Crippen molar-refractivity contribution in [2.24, 2.45) is 0 Å². The summed E-state index contributed by atoms with van der Waals surface area (Å²) >= 11 is 0. The first-order valence-electron chi connectivity index (χ1n) is 25.7. The molecule has 0 aliphatic rings. The molecule has 0 N–H and O–H groups in total. The van der Waals surface area contributed by atoms with Gasteiger partial charge in [-0.05, 0) is 90.9 Å². The van der Waals surface area contributed by atoms with Crippen molar-refractivity contribution in [1.29, 1.82) is 0 Å². The third-order valence-electron chi connectivity index (χ3n) is 11.2. The Labute approximate surface area is 369 Å². The van der Waals surface area contributed by atoms with Gasteiger partial charge < -0.3 is 4.57 Å². The number of benzene rings is 10. The Morgan fingerprint density at radius 3 is 1.48 bits per heavy atom. The second kappa shape index (κ2) is 14.3. The van der Waals surface area contributed by atoms with Gasteiger partial charge in [0.25, 0.3) is 0 Å². The van der Waals surface area contributed by atoms with Crippen molar-refractivity contribution in [3.05, 3.63) is 218 Å². The molecule has 2 aromatic heterocycles. The van der Waals surface area contributed by atoms with Gasteiger partial charge in [0.2, 0.25) is 0 Å². The van der Waals surface area contributed by atoms with Crippen molar-refractivity contribution < 1.29 is 16.4 Å². The lowest BCUT2D eigenvalue weighted by Crippen LogP contribution is -2.00. The summed E-state index contributed by atoms with van der Waals surface area (Å²) in [5.74, 6) is 1.53. The van der Waals surface area contributed by atoms with E-state index in [-0.39, 0.29) is 21.8 Å². The average molecular weight is 789 g/mol. The summed E-state index contributed by atoms with van der Waals surface area (Å²) in [6, 6.07) is 40.8. The predicted molar refractivity (Wildman–Crippen MR) is 254 cm³/mol. The van der Waals surface area contributed by atoms with E-state index in [1.807, 2.05) is 66.7 Å². The zero-order valence-corrected chi connectivity index (χ0v) is 32.1. The normalized spacial score (nSPS) is 14.4. The minimum Gasteiger partial charge on any atom is -0.309 e. The number of nitrogens with zero attached hydrogens (tertiary/aromatic N) is 4. The highest BCUT2D eigenvalue weighted by molar-refractivity contribution is 6.25. The maximum Gasteiger partial charge on any atom is 0.164 e. The zero-order valence-electron chi connectivity index (χ0n) is 44.1. The third kappa shape index (κ3) is 5.96. The van der Waals surface area contributed by atoms with E-state index in [0.717, 1.165) is 44.0 Å². The van der Waals surface area contributed by atoms with E-state index >= 15 is 0 Å². The number of hydrogen-bond donors (Lipinski definition) is 0. The summed E-state index contributed by atoms with van der Waals surface area (Å²) < 4.78 is 107. The molecule has 61 heavy (non-hydrogen) atoms. The van der Waals surface area contributed by atoms with Crippen LogP contribution >= 0.6 is 0 Å². The molecule has 0 amide bonds. The second-order valence-corrected chi connectivity index (χ2v) is 14.7. The molecular formula is C57H36N4. The van der Waals surface area contributed by atoms with E-state index in [9.17, 15) is 2.74 Å². The maximum absolute atomic E-state index is 9.45. The van der Waals surface area contributed by atoms with Crippen LogP contribution in [0.15, 0.2) is 218 Å². The minimum atomic E-state index is -0.683. The van der Waals surface area contributed by atoms with Crippen LogP contribution in [-0.2, 0) is 0 Å². The summed E-state index contributed by atoms with van der Waals surface area (Å²) in [6.07, 6.45) is 0. The molecule has 0 saturated heterocycles. The van der Waals surface area contributed by atoms with E-state index in [4.69, 9.17) is 28.7 Å². The van der Waals surface area contributed by atoms with E-state index in [1.54, 1.807) is 12.1 Å². The monoisotopic (exact) mass is 788 g/mol. The lowest BCUT2D eigenvalue weighted by Gasteiger charge is -2.13. The molecule has 0 radical (unpaired) electrons. The molecular weight excluding hydrogens is 741 g/mol. The van der Waals surface area contributed by atoms with Gasteiger partial charge in [-0.3, -0.25) is 0 Å². The fourth-order valence-corrected chi connectivity index (χ4v) is 8.28. The SMILES string of the molecule is [2H]c1c([2H])c([2H])c(-c2c([2H])c([2H])c3c(c2[2H])c2c([2H])c([2H])c([2H])c([2H])c2n3-c2ccc(-c3ccc(-c4nc(-c5ccccc5)nc(-c5ccc6c7ccccc7c7ccccc7c6c5)n4)cc3)cc2)c([2H])c1[2H]. The molecule has 0 spiro atoms. The van der Waals surface area contributed by atoms with E-state index < -0.39 is 83.6 Å². The molecule has 0 saturated carbocycles. The van der Waals surface area contributed by atoms with Gasteiger partial charge in [0.05, 0.1) is 27.5 Å². The van der Waals surface area contributed by atoms with Gasteiger partial charge in [0.15, 0.2) is 17.5 Å². The lowest BCUT2D eigenvalue weighted by molar-refractivity contribution is 1.07. The van der Waals surface area contributed by atoms with Crippen LogP contribution in [0.2, 0.25) is 0 Å². The van der Waals surface area contributed by atoms with Gasteiger partial charge in [-0.25, -0.2) is 15.0 Å². The number of hydrogen-bond acceptors (Lipinski definition) is 3. The predicted octanol–water partition coefficient (Wildman–Crippen LogP) is 14.8. The van der Waals surface area contributed by atoms with Crippen molar-refractivity contribution in [3.8, 4) is 62.1 Å². The molecule has 4 heteroatoms.